The molecular weight excluding hydrogens is 244 g/mol. The Balaban J connectivity index is 2.50. The van der Waals surface area contributed by atoms with Gasteiger partial charge in [0.15, 0.2) is 0 Å². The van der Waals surface area contributed by atoms with Crippen molar-refractivity contribution in [3.05, 3.63) is 0 Å². The fraction of sp³-hybridized carbons (Fsp3) is 0.857. The molecule has 0 aromatic heterocycles. The third-order valence-corrected chi connectivity index (χ3v) is 2.96. The number of hydrogen-bond donors (Lipinski definition) is 0. The highest BCUT2D eigenvalue weighted by Crippen LogP contribution is 2.12. The molecule has 0 unspecified atom stereocenters. The minimum Gasteiger partial charge on any atom is -0.444 e. The molecule has 0 atom stereocenters. The average molecular weight is 270 g/mol. The molecule has 1 heterocycles. The maximum absolute atomic E-state index is 12.0. The highest BCUT2D eigenvalue weighted by Gasteiger charge is 2.25. The first kappa shape index (κ1) is 15.8. The molecule has 0 saturated carbocycles. The molecule has 0 spiro atoms. The van der Waals surface area contributed by atoms with E-state index in [2.05, 4.69) is 0 Å². The van der Waals surface area contributed by atoms with Gasteiger partial charge < -0.3 is 14.5 Å². The van der Waals surface area contributed by atoms with Crippen LogP contribution in [0, 0.1) is 0 Å². The number of carbonyl (C=O) groups excluding carboxylic acids is 2. The lowest BCUT2D eigenvalue weighted by Crippen LogP contribution is -2.40. The summed E-state index contributed by atoms with van der Waals surface area (Å²) in [6.07, 6.45) is 1.99. The van der Waals surface area contributed by atoms with Gasteiger partial charge in [-0.05, 0) is 33.6 Å². The van der Waals surface area contributed by atoms with Gasteiger partial charge in [-0.25, -0.2) is 4.79 Å². The highest BCUT2D eigenvalue weighted by atomic mass is 16.6. The Kier molecular flexibility index (Phi) is 5.63. The predicted octanol–water partition coefficient (Wildman–Crippen LogP) is 2.26. The lowest BCUT2D eigenvalue weighted by Gasteiger charge is -2.26. The fourth-order valence-electron chi connectivity index (χ4n) is 2.05. The second-order valence-corrected chi connectivity index (χ2v) is 5.95. The van der Waals surface area contributed by atoms with Crippen molar-refractivity contribution in [1.82, 2.24) is 9.80 Å². The van der Waals surface area contributed by atoms with Crippen LogP contribution in [0.5, 0.6) is 0 Å². The van der Waals surface area contributed by atoms with E-state index in [1.54, 1.807) is 4.90 Å². The van der Waals surface area contributed by atoms with Gasteiger partial charge in [0.25, 0.3) is 0 Å². The Morgan fingerprint density at radius 2 is 1.63 bits per heavy atom. The van der Waals surface area contributed by atoms with Crippen molar-refractivity contribution in [2.45, 2.75) is 52.6 Å². The monoisotopic (exact) mass is 270 g/mol. The number of ether oxygens (including phenoxy) is 1. The lowest BCUT2D eigenvalue weighted by atomic mass is 10.2. The van der Waals surface area contributed by atoms with Crippen molar-refractivity contribution in [1.29, 1.82) is 0 Å². The van der Waals surface area contributed by atoms with Gasteiger partial charge in [0.2, 0.25) is 5.91 Å². The third kappa shape index (κ3) is 5.49. The number of hydrogen-bond acceptors (Lipinski definition) is 3. The summed E-state index contributed by atoms with van der Waals surface area (Å²) in [6, 6.07) is 0. The molecule has 110 valence electrons. The van der Waals surface area contributed by atoms with Crippen LogP contribution in [0.2, 0.25) is 0 Å². The summed E-state index contributed by atoms with van der Waals surface area (Å²) in [6.45, 7) is 10.1. The van der Waals surface area contributed by atoms with E-state index in [9.17, 15) is 9.59 Å². The summed E-state index contributed by atoms with van der Waals surface area (Å²) in [5.74, 6) is 0.188. The van der Waals surface area contributed by atoms with E-state index in [0.717, 1.165) is 19.4 Å². The van der Waals surface area contributed by atoms with Crippen LogP contribution < -0.4 is 0 Å². The van der Waals surface area contributed by atoms with Crippen LogP contribution >= 0.6 is 0 Å². The molecule has 0 aromatic rings. The van der Waals surface area contributed by atoms with Crippen LogP contribution in [0.3, 0.4) is 0 Å². The summed E-state index contributed by atoms with van der Waals surface area (Å²) < 4.78 is 5.36. The number of amides is 2. The van der Waals surface area contributed by atoms with E-state index in [-0.39, 0.29) is 12.0 Å². The smallest absolute Gasteiger partial charge is 0.410 e. The molecule has 1 aliphatic rings. The summed E-state index contributed by atoms with van der Waals surface area (Å²) in [5.41, 5.74) is -0.471. The normalized spacial score (nSPS) is 17.1. The van der Waals surface area contributed by atoms with Gasteiger partial charge in [-0.1, -0.05) is 6.92 Å². The summed E-state index contributed by atoms with van der Waals surface area (Å²) in [4.78, 5) is 27.4. The molecule has 2 amide bonds. The largest absolute Gasteiger partial charge is 0.444 e. The van der Waals surface area contributed by atoms with Gasteiger partial charge in [0.1, 0.15) is 5.60 Å². The van der Waals surface area contributed by atoms with Gasteiger partial charge in [0, 0.05) is 32.6 Å². The van der Waals surface area contributed by atoms with Gasteiger partial charge in [-0.15, -0.1) is 0 Å². The van der Waals surface area contributed by atoms with Crippen molar-refractivity contribution >= 4 is 12.0 Å². The second kappa shape index (κ2) is 6.78. The molecule has 0 radical (unpaired) electrons. The Hall–Kier alpha value is -1.26. The SMILES string of the molecule is CCCC(=O)N1CCCN(C(=O)OC(C)(C)C)CC1. The van der Waals surface area contributed by atoms with Crippen molar-refractivity contribution in [2.75, 3.05) is 26.2 Å². The molecule has 0 aromatic carbocycles. The molecule has 0 aliphatic carbocycles. The van der Waals surface area contributed by atoms with Crippen molar-refractivity contribution in [3.63, 3.8) is 0 Å². The first-order chi connectivity index (χ1) is 8.83. The third-order valence-electron chi connectivity index (χ3n) is 2.96. The molecular formula is C14H26N2O3. The first-order valence-corrected chi connectivity index (χ1v) is 7.09. The van der Waals surface area contributed by atoms with Crippen molar-refractivity contribution in [2.24, 2.45) is 0 Å². The Bertz CT molecular complexity index is 323. The Labute approximate surface area is 115 Å². The fourth-order valence-corrected chi connectivity index (χ4v) is 2.05. The van der Waals surface area contributed by atoms with Gasteiger partial charge in [-0.2, -0.15) is 0 Å². The number of rotatable bonds is 2. The highest BCUT2D eigenvalue weighted by molar-refractivity contribution is 5.76. The number of nitrogens with zero attached hydrogens (tertiary/aromatic N) is 2. The molecule has 1 rings (SSSR count). The summed E-state index contributed by atoms with van der Waals surface area (Å²) in [5, 5.41) is 0. The minimum atomic E-state index is -0.471. The molecule has 1 fully saturated rings. The average Bonchev–Trinajstić information content (AvgIpc) is 2.52. The quantitative estimate of drug-likeness (QED) is 0.773. The summed E-state index contributed by atoms with van der Waals surface area (Å²) in [7, 11) is 0. The molecule has 5 heteroatoms. The Morgan fingerprint density at radius 3 is 2.21 bits per heavy atom. The van der Waals surface area contributed by atoms with E-state index in [0.29, 0.717) is 26.1 Å². The van der Waals surface area contributed by atoms with Gasteiger partial charge in [0.05, 0.1) is 0 Å². The van der Waals surface area contributed by atoms with Crippen LogP contribution in [0.1, 0.15) is 47.0 Å². The van der Waals surface area contributed by atoms with Crippen molar-refractivity contribution < 1.29 is 14.3 Å². The van der Waals surface area contributed by atoms with Crippen LogP contribution in [0.25, 0.3) is 0 Å². The van der Waals surface area contributed by atoms with E-state index in [4.69, 9.17) is 4.74 Å². The maximum Gasteiger partial charge on any atom is 0.410 e. The number of carbonyl (C=O) groups is 2. The van der Waals surface area contributed by atoms with Crippen LogP contribution in [0.15, 0.2) is 0 Å². The van der Waals surface area contributed by atoms with E-state index in [1.165, 1.54) is 0 Å². The minimum absolute atomic E-state index is 0.188. The van der Waals surface area contributed by atoms with Gasteiger partial charge in [-0.3, -0.25) is 4.79 Å². The molecule has 0 bridgehead atoms. The zero-order valence-electron chi connectivity index (χ0n) is 12.6. The molecule has 5 nitrogen and oxygen atoms in total. The van der Waals surface area contributed by atoms with E-state index in [1.807, 2.05) is 32.6 Å². The topological polar surface area (TPSA) is 49.9 Å². The lowest BCUT2D eigenvalue weighted by molar-refractivity contribution is -0.131. The van der Waals surface area contributed by atoms with Gasteiger partial charge >= 0.3 is 6.09 Å². The zero-order chi connectivity index (χ0) is 14.5. The summed E-state index contributed by atoms with van der Waals surface area (Å²) >= 11 is 0. The zero-order valence-corrected chi connectivity index (χ0v) is 12.6. The van der Waals surface area contributed by atoms with Crippen LogP contribution in [-0.2, 0) is 9.53 Å². The second-order valence-electron chi connectivity index (χ2n) is 5.95. The standard InChI is InChI=1S/C14H26N2O3/c1-5-7-12(17)15-8-6-9-16(11-10-15)13(18)19-14(2,3)4/h5-11H2,1-4H3. The molecule has 19 heavy (non-hydrogen) atoms. The van der Waals surface area contributed by atoms with E-state index < -0.39 is 5.60 Å². The van der Waals surface area contributed by atoms with Crippen molar-refractivity contribution in [3.8, 4) is 0 Å². The van der Waals surface area contributed by atoms with Crippen LogP contribution in [-0.4, -0.2) is 53.6 Å². The maximum atomic E-state index is 12.0. The molecule has 1 aliphatic heterocycles. The Morgan fingerprint density at radius 1 is 1.05 bits per heavy atom. The first-order valence-electron chi connectivity index (χ1n) is 7.09. The molecule has 1 saturated heterocycles. The van der Waals surface area contributed by atoms with E-state index >= 15 is 0 Å². The predicted molar refractivity (Wildman–Crippen MR) is 73.9 cm³/mol. The van der Waals surface area contributed by atoms with Crippen LogP contribution in [0.4, 0.5) is 4.79 Å². The molecule has 0 N–H and O–H groups in total.